The van der Waals surface area contributed by atoms with E-state index >= 15 is 0 Å². The predicted molar refractivity (Wildman–Crippen MR) is 89.4 cm³/mol. The lowest BCUT2D eigenvalue weighted by Crippen LogP contribution is -2.14. The minimum absolute atomic E-state index is 0.0576. The lowest BCUT2D eigenvalue weighted by atomic mass is 9.92. The Kier molecular flexibility index (Phi) is 4.59. The van der Waals surface area contributed by atoms with Crippen LogP contribution < -0.4 is 0 Å². The third kappa shape index (κ3) is 2.92. The molecule has 112 valence electrons. The summed E-state index contributed by atoms with van der Waals surface area (Å²) in [7, 11) is 0. The van der Waals surface area contributed by atoms with Gasteiger partial charge in [-0.05, 0) is 30.2 Å². The van der Waals surface area contributed by atoms with Gasteiger partial charge in [0.2, 0.25) is 0 Å². The van der Waals surface area contributed by atoms with Crippen molar-refractivity contribution in [1.29, 1.82) is 0 Å². The van der Waals surface area contributed by atoms with Crippen LogP contribution in [-0.4, -0.2) is 23.3 Å². The van der Waals surface area contributed by atoms with Crippen LogP contribution in [0.15, 0.2) is 60.4 Å². The molecule has 3 nitrogen and oxygen atoms in total. The summed E-state index contributed by atoms with van der Waals surface area (Å²) < 4.78 is 5.30. The van der Waals surface area contributed by atoms with Crippen LogP contribution in [0.2, 0.25) is 0 Å². The summed E-state index contributed by atoms with van der Waals surface area (Å²) in [6, 6.07) is 14.0. The summed E-state index contributed by atoms with van der Waals surface area (Å²) in [6.45, 7) is 2.22. The number of rotatable bonds is 4. The van der Waals surface area contributed by atoms with Crippen LogP contribution in [0.1, 0.15) is 24.0 Å². The molecular weight excluding hydrogens is 294 g/mol. The molecule has 2 aromatic rings. The van der Waals surface area contributed by atoms with Crippen LogP contribution in [0.5, 0.6) is 0 Å². The number of aromatic nitrogens is 1. The van der Waals surface area contributed by atoms with Crippen molar-refractivity contribution < 1.29 is 9.53 Å². The summed E-state index contributed by atoms with van der Waals surface area (Å²) in [5.41, 5.74) is 2.95. The Morgan fingerprint density at radius 2 is 1.95 bits per heavy atom. The second kappa shape index (κ2) is 6.79. The molecule has 1 aliphatic rings. The SMILES string of the molecule is CCOC(=O)C1=C(c2ccccc2)SCC1c1ccncc1. The first-order valence-electron chi connectivity index (χ1n) is 7.30. The number of pyridine rings is 1. The summed E-state index contributed by atoms with van der Waals surface area (Å²) in [4.78, 5) is 17.6. The van der Waals surface area contributed by atoms with Gasteiger partial charge in [-0.3, -0.25) is 4.98 Å². The molecule has 0 saturated heterocycles. The number of nitrogens with zero attached hydrogens (tertiary/aromatic N) is 1. The van der Waals surface area contributed by atoms with Crippen LogP contribution in [0, 0.1) is 0 Å². The fraction of sp³-hybridized carbons (Fsp3) is 0.222. The molecule has 0 amide bonds. The Hall–Kier alpha value is -2.07. The van der Waals surface area contributed by atoms with Gasteiger partial charge in [0.05, 0.1) is 12.2 Å². The number of thioether (sulfide) groups is 1. The molecule has 22 heavy (non-hydrogen) atoms. The zero-order valence-electron chi connectivity index (χ0n) is 12.4. The average Bonchev–Trinajstić information content (AvgIpc) is 3.02. The molecule has 0 fully saturated rings. The molecule has 0 N–H and O–H groups in total. The fourth-order valence-corrected chi connectivity index (χ4v) is 3.99. The van der Waals surface area contributed by atoms with E-state index in [9.17, 15) is 4.79 Å². The smallest absolute Gasteiger partial charge is 0.335 e. The minimum Gasteiger partial charge on any atom is -0.463 e. The van der Waals surface area contributed by atoms with Crippen LogP contribution in [0.3, 0.4) is 0 Å². The average molecular weight is 311 g/mol. The van der Waals surface area contributed by atoms with E-state index in [0.29, 0.717) is 6.61 Å². The highest BCUT2D eigenvalue weighted by Crippen LogP contribution is 2.47. The van der Waals surface area contributed by atoms with Crippen molar-refractivity contribution in [3.63, 3.8) is 0 Å². The molecule has 1 atom stereocenters. The van der Waals surface area contributed by atoms with Gasteiger partial charge in [-0.25, -0.2) is 4.79 Å². The van der Waals surface area contributed by atoms with Crippen molar-refractivity contribution >= 4 is 22.6 Å². The van der Waals surface area contributed by atoms with Crippen molar-refractivity contribution in [2.24, 2.45) is 0 Å². The predicted octanol–water partition coefficient (Wildman–Crippen LogP) is 3.89. The molecule has 0 bridgehead atoms. The molecule has 3 rings (SSSR count). The second-order valence-corrected chi connectivity index (χ2v) is 6.00. The molecular formula is C18H17NO2S. The third-order valence-corrected chi connectivity index (χ3v) is 4.87. The van der Waals surface area contributed by atoms with Gasteiger partial charge in [0.1, 0.15) is 0 Å². The van der Waals surface area contributed by atoms with E-state index in [1.807, 2.05) is 49.4 Å². The van der Waals surface area contributed by atoms with E-state index in [1.54, 1.807) is 24.2 Å². The van der Waals surface area contributed by atoms with Crippen molar-refractivity contribution in [3.8, 4) is 0 Å². The normalized spacial score (nSPS) is 17.6. The van der Waals surface area contributed by atoms with Gasteiger partial charge in [-0.2, -0.15) is 0 Å². The van der Waals surface area contributed by atoms with Crippen molar-refractivity contribution in [3.05, 3.63) is 71.6 Å². The van der Waals surface area contributed by atoms with E-state index in [1.165, 1.54) is 0 Å². The van der Waals surface area contributed by atoms with E-state index < -0.39 is 0 Å². The Labute approximate surface area is 134 Å². The van der Waals surface area contributed by atoms with Gasteiger partial charge in [0.15, 0.2) is 0 Å². The molecule has 0 saturated carbocycles. The van der Waals surface area contributed by atoms with Gasteiger partial charge in [-0.1, -0.05) is 30.3 Å². The highest BCUT2D eigenvalue weighted by molar-refractivity contribution is 8.08. The number of esters is 1. The van der Waals surface area contributed by atoms with Crippen LogP contribution in [-0.2, 0) is 9.53 Å². The zero-order chi connectivity index (χ0) is 15.4. The van der Waals surface area contributed by atoms with Gasteiger partial charge in [-0.15, -0.1) is 11.8 Å². The number of hydrogen-bond donors (Lipinski definition) is 0. The molecule has 0 aliphatic carbocycles. The number of benzene rings is 1. The first-order chi connectivity index (χ1) is 10.8. The van der Waals surface area contributed by atoms with E-state index in [-0.39, 0.29) is 11.9 Å². The van der Waals surface area contributed by atoms with Crippen molar-refractivity contribution in [2.75, 3.05) is 12.4 Å². The second-order valence-electron chi connectivity index (χ2n) is 4.97. The maximum atomic E-state index is 12.5. The Morgan fingerprint density at radius 1 is 1.23 bits per heavy atom. The molecule has 1 aliphatic heterocycles. The first-order valence-corrected chi connectivity index (χ1v) is 8.29. The van der Waals surface area contributed by atoms with Crippen molar-refractivity contribution in [1.82, 2.24) is 4.98 Å². The maximum absolute atomic E-state index is 12.5. The molecule has 1 aromatic heterocycles. The van der Waals surface area contributed by atoms with Gasteiger partial charge in [0.25, 0.3) is 0 Å². The van der Waals surface area contributed by atoms with Crippen molar-refractivity contribution in [2.45, 2.75) is 12.8 Å². The molecule has 1 aromatic carbocycles. The number of ether oxygens (including phenoxy) is 1. The highest BCUT2D eigenvalue weighted by Gasteiger charge is 2.33. The summed E-state index contributed by atoms with van der Waals surface area (Å²) in [5.74, 6) is 0.693. The molecule has 1 unspecified atom stereocenters. The summed E-state index contributed by atoms with van der Waals surface area (Å²) >= 11 is 1.72. The Bertz CT molecular complexity index is 683. The largest absolute Gasteiger partial charge is 0.463 e. The lowest BCUT2D eigenvalue weighted by molar-refractivity contribution is -0.138. The minimum atomic E-state index is -0.215. The highest BCUT2D eigenvalue weighted by atomic mass is 32.2. The quantitative estimate of drug-likeness (QED) is 0.803. The molecule has 2 heterocycles. The molecule has 4 heteroatoms. The number of carbonyl (C=O) groups is 1. The fourth-order valence-electron chi connectivity index (χ4n) is 2.62. The lowest BCUT2D eigenvalue weighted by Gasteiger charge is -2.14. The maximum Gasteiger partial charge on any atom is 0.335 e. The standard InChI is InChI=1S/C18H17NO2S/c1-2-21-18(20)16-15(13-8-10-19-11-9-13)12-22-17(16)14-6-4-3-5-7-14/h3-11,15H,2,12H2,1H3. The molecule has 0 radical (unpaired) electrons. The van der Waals surface area contributed by atoms with E-state index in [0.717, 1.165) is 27.4 Å². The number of carbonyl (C=O) groups excluding carboxylic acids is 1. The third-order valence-electron chi connectivity index (χ3n) is 3.63. The summed E-state index contributed by atoms with van der Waals surface area (Å²) in [6.07, 6.45) is 3.53. The van der Waals surface area contributed by atoms with Gasteiger partial charge < -0.3 is 4.74 Å². The van der Waals surface area contributed by atoms with Crippen LogP contribution in [0.4, 0.5) is 0 Å². The number of hydrogen-bond acceptors (Lipinski definition) is 4. The van der Waals surface area contributed by atoms with Gasteiger partial charge in [0, 0.05) is 29.0 Å². The van der Waals surface area contributed by atoms with E-state index in [2.05, 4.69) is 4.98 Å². The Balaban J connectivity index is 2.06. The topological polar surface area (TPSA) is 39.2 Å². The monoisotopic (exact) mass is 311 g/mol. The van der Waals surface area contributed by atoms with Gasteiger partial charge >= 0.3 is 5.97 Å². The first kappa shape index (κ1) is 14.9. The van der Waals surface area contributed by atoms with E-state index in [4.69, 9.17) is 4.74 Å². The van der Waals surface area contributed by atoms with Crippen LogP contribution in [0.25, 0.3) is 4.91 Å². The summed E-state index contributed by atoms with van der Waals surface area (Å²) in [5, 5.41) is 0. The Morgan fingerprint density at radius 3 is 2.64 bits per heavy atom. The molecule has 0 spiro atoms. The van der Waals surface area contributed by atoms with Crippen LogP contribution >= 0.6 is 11.8 Å². The zero-order valence-corrected chi connectivity index (χ0v) is 13.2.